The van der Waals surface area contributed by atoms with Gasteiger partial charge in [0.05, 0.1) is 19.3 Å². The predicted molar refractivity (Wildman–Crippen MR) is 172 cm³/mol. The molecular weight excluding hydrogens is 568 g/mol. The Morgan fingerprint density at radius 2 is 1.76 bits per heavy atom. The van der Waals surface area contributed by atoms with Crippen LogP contribution in [-0.2, 0) is 11.3 Å². The van der Waals surface area contributed by atoms with Gasteiger partial charge in [0.2, 0.25) is 17.6 Å². The highest BCUT2D eigenvalue weighted by Gasteiger charge is 2.38. The number of anilines is 2. The molecule has 2 aliphatic carbocycles. The Kier molecular flexibility index (Phi) is 7.80. The monoisotopic (exact) mass is 612 g/mol. The van der Waals surface area contributed by atoms with Gasteiger partial charge < -0.3 is 19.1 Å². The van der Waals surface area contributed by atoms with Crippen molar-refractivity contribution < 1.29 is 9.26 Å². The second kappa shape index (κ2) is 12.2. The largest absolute Gasteiger partial charge is 0.439 e. The predicted octanol–water partition coefficient (Wildman–Crippen LogP) is 5.73. The van der Waals surface area contributed by atoms with Gasteiger partial charge in [-0.1, -0.05) is 61.7 Å². The molecule has 2 saturated heterocycles. The lowest BCUT2D eigenvalue weighted by Gasteiger charge is -2.45. The van der Waals surface area contributed by atoms with Crippen molar-refractivity contribution >= 4 is 22.9 Å². The molecule has 4 aromatic rings. The van der Waals surface area contributed by atoms with E-state index in [-0.39, 0.29) is 11.9 Å². The van der Waals surface area contributed by atoms with Crippen LogP contribution in [0.4, 0.5) is 11.8 Å². The van der Waals surface area contributed by atoms with Crippen LogP contribution in [0.1, 0.15) is 82.7 Å². The van der Waals surface area contributed by atoms with E-state index in [9.17, 15) is 4.79 Å². The van der Waals surface area contributed by atoms with E-state index in [1.807, 2.05) is 0 Å². The molecule has 1 aromatic carbocycles. The minimum absolute atomic E-state index is 0.0439. The van der Waals surface area contributed by atoms with Crippen molar-refractivity contribution in [2.75, 3.05) is 36.1 Å². The van der Waals surface area contributed by atoms with Crippen molar-refractivity contribution in [2.45, 2.75) is 89.8 Å². The first-order valence-electron chi connectivity index (χ1n) is 17.1. The number of H-pyrrole nitrogens is 1. The third kappa shape index (κ3) is 5.53. The molecule has 4 fully saturated rings. The third-order valence-electron chi connectivity index (χ3n) is 10.9. The van der Waals surface area contributed by atoms with E-state index < -0.39 is 5.76 Å². The van der Waals surface area contributed by atoms with Gasteiger partial charge in [0.25, 0.3) is 0 Å². The van der Waals surface area contributed by atoms with Crippen LogP contribution in [0.3, 0.4) is 0 Å². The standard InChI is InChI=1S/C34H44N8O3/c1-22-13-15-23(16-14-22)20-42-28-29(37-33(42)41-18-19-44-21-27(41)25-8-3-2-4-9-25)35-30(31-38-34(43)45-39-31)36-32(28)40-17-6-5-12-26(40)24-10-7-11-24/h2-4,8-9,22-24,26-27H,5-7,10-21H2,1H3,(H,38,39,43)/t22-,23-,26?,27-/m0/s1. The summed E-state index contributed by atoms with van der Waals surface area (Å²) in [5.41, 5.74) is 2.87. The average Bonchev–Trinajstić information content (AvgIpc) is 3.65. The molecule has 4 aliphatic rings. The van der Waals surface area contributed by atoms with Gasteiger partial charge in [-0.2, -0.15) is 4.98 Å². The number of morpholine rings is 1. The highest BCUT2D eigenvalue weighted by atomic mass is 16.5. The lowest BCUT2D eigenvalue weighted by molar-refractivity contribution is 0.0927. The summed E-state index contributed by atoms with van der Waals surface area (Å²) < 4.78 is 13.4. The molecular formula is C34H44N8O3. The van der Waals surface area contributed by atoms with E-state index >= 15 is 0 Å². The van der Waals surface area contributed by atoms with Gasteiger partial charge in [0.15, 0.2) is 11.5 Å². The molecule has 2 saturated carbocycles. The van der Waals surface area contributed by atoms with Gasteiger partial charge in [0, 0.05) is 25.7 Å². The van der Waals surface area contributed by atoms with E-state index in [1.54, 1.807) is 0 Å². The molecule has 238 valence electrons. The summed E-state index contributed by atoms with van der Waals surface area (Å²) in [6.07, 6.45) is 12.4. The fourth-order valence-corrected chi connectivity index (χ4v) is 8.13. The Morgan fingerprint density at radius 1 is 0.911 bits per heavy atom. The molecule has 0 amide bonds. The maximum absolute atomic E-state index is 12.0. The summed E-state index contributed by atoms with van der Waals surface area (Å²) in [5, 5.41) is 3.98. The molecule has 0 radical (unpaired) electrons. The lowest BCUT2D eigenvalue weighted by Crippen LogP contribution is -2.47. The van der Waals surface area contributed by atoms with Crippen molar-refractivity contribution in [3.63, 3.8) is 0 Å². The Hall–Kier alpha value is -3.73. The number of hydrogen-bond acceptors (Lipinski definition) is 9. The van der Waals surface area contributed by atoms with Crippen LogP contribution >= 0.6 is 0 Å². The molecule has 3 aromatic heterocycles. The van der Waals surface area contributed by atoms with Crippen LogP contribution in [0.25, 0.3) is 22.8 Å². The summed E-state index contributed by atoms with van der Waals surface area (Å²) in [6, 6.07) is 11.1. The van der Waals surface area contributed by atoms with Crippen molar-refractivity contribution in [3.8, 4) is 11.6 Å². The zero-order valence-corrected chi connectivity index (χ0v) is 26.2. The van der Waals surface area contributed by atoms with Gasteiger partial charge in [-0.25, -0.2) is 14.8 Å². The number of benzene rings is 1. The highest BCUT2D eigenvalue weighted by molar-refractivity contribution is 5.88. The SMILES string of the molecule is C[C@H]1CC[C@H](Cn2c(N3CCOC[C@H]3c3ccccc3)nc3nc(-c4noc(=O)[nH]4)nc(N4CCCCC4C4CCC4)c32)CC1. The fraction of sp³-hybridized carbons (Fsp3) is 0.618. The maximum Gasteiger partial charge on any atom is 0.439 e. The average molecular weight is 613 g/mol. The summed E-state index contributed by atoms with van der Waals surface area (Å²) >= 11 is 0. The summed E-state index contributed by atoms with van der Waals surface area (Å²) in [6.45, 7) is 6.21. The van der Waals surface area contributed by atoms with E-state index in [0.717, 1.165) is 49.3 Å². The zero-order valence-electron chi connectivity index (χ0n) is 26.2. The van der Waals surface area contributed by atoms with Gasteiger partial charge in [-0.05, 0) is 68.3 Å². The zero-order chi connectivity index (χ0) is 30.3. The van der Waals surface area contributed by atoms with E-state index in [2.05, 4.69) is 61.8 Å². The van der Waals surface area contributed by atoms with Crippen LogP contribution in [0.2, 0.25) is 0 Å². The van der Waals surface area contributed by atoms with Gasteiger partial charge in [-0.3, -0.25) is 9.51 Å². The van der Waals surface area contributed by atoms with E-state index in [0.29, 0.717) is 42.6 Å². The van der Waals surface area contributed by atoms with Crippen molar-refractivity contribution in [3.05, 3.63) is 46.4 Å². The summed E-state index contributed by atoms with van der Waals surface area (Å²) in [5.74, 6) is 3.86. The number of nitrogens with one attached hydrogen (secondary N) is 1. The number of ether oxygens (including phenoxy) is 1. The van der Waals surface area contributed by atoms with Gasteiger partial charge in [0.1, 0.15) is 5.52 Å². The minimum Gasteiger partial charge on any atom is -0.377 e. The van der Waals surface area contributed by atoms with Gasteiger partial charge >= 0.3 is 5.76 Å². The number of aromatic nitrogens is 6. The van der Waals surface area contributed by atoms with Gasteiger partial charge in [-0.15, -0.1) is 0 Å². The van der Waals surface area contributed by atoms with Crippen LogP contribution in [0.5, 0.6) is 0 Å². The van der Waals surface area contributed by atoms with Crippen LogP contribution in [0, 0.1) is 17.8 Å². The molecule has 5 heterocycles. The Balaban J connectivity index is 1.32. The first-order chi connectivity index (χ1) is 22.1. The number of piperidine rings is 1. The number of hydrogen-bond donors (Lipinski definition) is 1. The molecule has 8 rings (SSSR count). The number of fused-ring (bicyclic) bond motifs is 1. The molecule has 11 heteroatoms. The maximum atomic E-state index is 12.0. The number of nitrogens with zero attached hydrogens (tertiary/aromatic N) is 7. The molecule has 0 bridgehead atoms. The van der Waals surface area contributed by atoms with Crippen molar-refractivity contribution in [1.82, 2.24) is 29.7 Å². The third-order valence-corrected chi connectivity index (χ3v) is 10.9. The molecule has 2 atom stereocenters. The van der Waals surface area contributed by atoms with Crippen molar-refractivity contribution in [2.24, 2.45) is 17.8 Å². The quantitative estimate of drug-likeness (QED) is 0.279. The smallest absolute Gasteiger partial charge is 0.377 e. The van der Waals surface area contributed by atoms with Crippen LogP contribution in [-0.4, -0.2) is 62.0 Å². The van der Waals surface area contributed by atoms with E-state index in [1.165, 1.54) is 63.4 Å². The lowest BCUT2D eigenvalue weighted by atomic mass is 9.76. The molecule has 45 heavy (non-hydrogen) atoms. The second-order valence-electron chi connectivity index (χ2n) is 13.8. The Labute approximate surface area is 263 Å². The number of rotatable bonds is 7. The number of aromatic amines is 1. The van der Waals surface area contributed by atoms with Crippen LogP contribution < -0.4 is 15.6 Å². The van der Waals surface area contributed by atoms with Crippen LogP contribution in [0.15, 0.2) is 39.6 Å². The Morgan fingerprint density at radius 3 is 2.51 bits per heavy atom. The first kappa shape index (κ1) is 28.7. The molecule has 11 nitrogen and oxygen atoms in total. The molecule has 1 N–H and O–H groups in total. The second-order valence-corrected chi connectivity index (χ2v) is 13.8. The Bertz CT molecular complexity index is 1670. The van der Waals surface area contributed by atoms with Crippen molar-refractivity contribution in [1.29, 1.82) is 0 Å². The molecule has 1 unspecified atom stereocenters. The highest BCUT2D eigenvalue weighted by Crippen LogP contribution is 2.42. The van der Waals surface area contributed by atoms with E-state index in [4.69, 9.17) is 24.2 Å². The summed E-state index contributed by atoms with van der Waals surface area (Å²) in [7, 11) is 0. The fourth-order valence-electron chi connectivity index (χ4n) is 8.13. The topological polar surface area (TPSA) is 118 Å². The normalized spacial score (nSPS) is 26.3. The first-order valence-corrected chi connectivity index (χ1v) is 17.1. The number of imidazole rings is 1. The molecule has 2 aliphatic heterocycles. The summed E-state index contributed by atoms with van der Waals surface area (Å²) in [4.78, 5) is 35.2. The minimum atomic E-state index is -0.614. The molecule has 0 spiro atoms.